The Morgan fingerprint density at radius 3 is 2.62 bits per heavy atom. The summed E-state index contributed by atoms with van der Waals surface area (Å²) in [4.78, 5) is 28.8. The van der Waals surface area contributed by atoms with Crippen molar-refractivity contribution in [3.8, 4) is 5.75 Å². The minimum absolute atomic E-state index is 0.0231. The number of aromatic nitrogens is 2. The van der Waals surface area contributed by atoms with E-state index in [0.29, 0.717) is 33.6 Å². The van der Waals surface area contributed by atoms with Crippen LogP contribution in [0.4, 0.5) is 5.13 Å². The second-order valence-electron chi connectivity index (χ2n) is 9.61. The average molecular weight is 596 g/mol. The summed E-state index contributed by atoms with van der Waals surface area (Å²) in [6, 6.07) is 23.1. The number of carbonyl (C=O) groups excluding carboxylic acids is 2. The average Bonchev–Trinajstić information content (AvgIpc) is 3.72. The number of thioether (sulfide) groups is 1. The Kier molecular flexibility index (Phi) is 7.64. The molecule has 1 amide bonds. The highest BCUT2D eigenvalue weighted by molar-refractivity contribution is 8.00. The summed E-state index contributed by atoms with van der Waals surface area (Å²) in [7, 11) is 0. The number of anilines is 1. The molecule has 0 fully saturated rings. The number of ether oxygens (including phenoxy) is 1. The molecule has 0 bridgehead atoms. The van der Waals surface area contributed by atoms with E-state index in [2.05, 4.69) is 41.0 Å². The van der Waals surface area contributed by atoms with Gasteiger partial charge in [0.05, 0.1) is 11.6 Å². The van der Waals surface area contributed by atoms with Crippen LogP contribution in [0.3, 0.4) is 0 Å². The first-order valence-electron chi connectivity index (χ1n) is 13.1. The van der Waals surface area contributed by atoms with Crippen molar-refractivity contribution in [3.63, 3.8) is 0 Å². The predicted molar refractivity (Wildman–Crippen MR) is 163 cm³/mol. The highest BCUT2D eigenvalue weighted by Crippen LogP contribution is 2.44. The lowest BCUT2D eigenvalue weighted by Gasteiger charge is -2.24. The number of aryl methyl sites for hydroxylation is 1. The zero-order valence-corrected chi connectivity index (χ0v) is 24.2. The molecule has 0 saturated carbocycles. The van der Waals surface area contributed by atoms with Gasteiger partial charge in [0.1, 0.15) is 17.9 Å². The molecular formula is C32H25N3O5S2. The van der Waals surface area contributed by atoms with E-state index in [4.69, 9.17) is 9.15 Å². The van der Waals surface area contributed by atoms with Crippen molar-refractivity contribution in [1.29, 1.82) is 0 Å². The van der Waals surface area contributed by atoms with Gasteiger partial charge in [0.15, 0.2) is 15.9 Å². The molecule has 0 unspecified atom stereocenters. The number of rotatable bonds is 10. The van der Waals surface area contributed by atoms with Gasteiger partial charge >= 0.3 is 0 Å². The maximum atomic E-state index is 13.9. The van der Waals surface area contributed by atoms with Crippen LogP contribution in [0.5, 0.6) is 5.75 Å². The molecule has 3 heterocycles. The topological polar surface area (TPSA) is 106 Å². The smallest absolute Gasteiger partial charge is 0.296 e. The summed E-state index contributed by atoms with van der Waals surface area (Å²) in [6.45, 7) is 6.03. The molecule has 6 rings (SSSR count). The number of fused-ring (bicyclic) bond motifs is 1. The van der Waals surface area contributed by atoms with Gasteiger partial charge in [0, 0.05) is 11.1 Å². The van der Waals surface area contributed by atoms with E-state index in [1.807, 2.05) is 19.1 Å². The van der Waals surface area contributed by atoms with E-state index in [0.717, 1.165) is 10.9 Å². The first kappa shape index (κ1) is 27.5. The summed E-state index contributed by atoms with van der Waals surface area (Å²) < 4.78 is 12.1. The van der Waals surface area contributed by atoms with E-state index < -0.39 is 23.5 Å². The van der Waals surface area contributed by atoms with Gasteiger partial charge in [0.2, 0.25) is 10.9 Å². The third-order valence-electron chi connectivity index (χ3n) is 6.75. The lowest BCUT2D eigenvalue weighted by Crippen LogP contribution is -2.31. The number of furan rings is 1. The number of benzene rings is 3. The fourth-order valence-corrected chi connectivity index (χ4v) is 6.49. The van der Waals surface area contributed by atoms with Crippen molar-refractivity contribution >= 4 is 50.9 Å². The van der Waals surface area contributed by atoms with Crippen molar-refractivity contribution in [2.75, 3.05) is 11.5 Å². The van der Waals surface area contributed by atoms with Gasteiger partial charge < -0.3 is 14.3 Å². The molecule has 0 aliphatic carbocycles. The molecular weight excluding hydrogens is 571 g/mol. The van der Waals surface area contributed by atoms with Crippen LogP contribution in [0.1, 0.15) is 33.3 Å². The summed E-state index contributed by atoms with van der Waals surface area (Å²) in [5.41, 5.74) is 3.34. The molecule has 0 saturated heterocycles. The summed E-state index contributed by atoms with van der Waals surface area (Å²) >= 11 is 2.72. The SMILES string of the molecule is C=CCOc1ccc([C@@H]2C(C(=O)c3cc4ccccc4o3)=C(O)C(=O)N2c2nnc(SCc3ccc(C)cc3)s2)cc1. The number of aliphatic hydroxyl groups is 1. The molecule has 0 radical (unpaired) electrons. The monoisotopic (exact) mass is 595 g/mol. The highest BCUT2D eigenvalue weighted by Gasteiger charge is 2.46. The number of ketones is 1. The van der Waals surface area contributed by atoms with Crippen molar-refractivity contribution in [3.05, 3.63) is 125 Å². The van der Waals surface area contributed by atoms with Crippen molar-refractivity contribution < 1.29 is 23.8 Å². The maximum Gasteiger partial charge on any atom is 0.296 e. The van der Waals surface area contributed by atoms with E-state index in [1.54, 1.807) is 48.5 Å². The molecule has 0 spiro atoms. The van der Waals surface area contributed by atoms with Crippen LogP contribution in [0.25, 0.3) is 11.0 Å². The molecule has 1 N–H and O–H groups in total. The third-order valence-corrected chi connectivity index (χ3v) is 8.88. The number of para-hydroxylation sites is 1. The van der Waals surface area contributed by atoms with Gasteiger partial charge in [-0.3, -0.25) is 14.5 Å². The molecule has 3 aromatic carbocycles. The zero-order valence-electron chi connectivity index (χ0n) is 22.5. The van der Waals surface area contributed by atoms with Crippen LogP contribution in [0.2, 0.25) is 0 Å². The number of hydrogen-bond acceptors (Lipinski definition) is 9. The highest BCUT2D eigenvalue weighted by atomic mass is 32.2. The summed E-state index contributed by atoms with van der Waals surface area (Å²) in [5.74, 6) is -0.680. The largest absolute Gasteiger partial charge is 0.503 e. The number of amides is 1. The predicted octanol–water partition coefficient (Wildman–Crippen LogP) is 7.23. The fourth-order valence-electron chi connectivity index (χ4n) is 4.67. The molecule has 1 aliphatic heterocycles. The standard InChI is InChI=1S/C32H25N3O5S2/c1-3-16-39-23-14-12-21(13-15-23)27-26(28(36)25-17-22-6-4-5-7-24(22)40-25)29(37)30(38)35(27)31-33-34-32(42-31)41-18-20-10-8-19(2)9-11-20/h3-15,17,27,37H,1,16,18H2,2H3/t27-/m1/s1. The second-order valence-corrected chi connectivity index (χ2v) is 11.8. The van der Waals surface area contributed by atoms with Gasteiger partial charge in [-0.25, -0.2) is 0 Å². The van der Waals surface area contributed by atoms with Gasteiger partial charge in [-0.1, -0.05) is 95.9 Å². The molecule has 5 aromatic rings. The normalized spacial score (nSPS) is 15.0. The Hall–Kier alpha value is -4.67. The quantitative estimate of drug-likeness (QED) is 0.0780. The maximum absolute atomic E-state index is 13.9. The molecule has 10 heteroatoms. The molecule has 1 aliphatic rings. The van der Waals surface area contributed by atoms with Crippen molar-refractivity contribution in [2.24, 2.45) is 0 Å². The Labute approximate surface area is 250 Å². The van der Waals surface area contributed by atoms with E-state index in [-0.39, 0.29) is 16.5 Å². The lowest BCUT2D eigenvalue weighted by molar-refractivity contribution is -0.117. The number of hydrogen-bond donors (Lipinski definition) is 1. The number of nitrogens with zero attached hydrogens (tertiary/aromatic N) is 3. The lowest BCUT2D eigenvalue weighted by atomic mass is 9.95. The first-order valence-corrected chi connectivity index (χ1v) is 14.9. The van der Waals surface area contributed by atoms with E-state index in [1.165, 1.54) is 33.6 Å². The zero-order chi connectivity index (χ0) is 29.2. The second kappa shape index (κ2) is 11.7. The molecule has 42 heavy (non-hydrogen) atoms. The van der Waals surface area contributed by atoms with Crippen LogP contribution in [0.15, 0.2) is 112 Å². The van der Waals surface area contributed by atoms with Crippen LogP contribution >= 0.6 is 23.1 Å². The number of aliphatic hydroxyl groups excluding tert-OH is 1. The minimum Gasteiger partial charge on any atom is -0.503 e. The summed E-state index contributed by atoms with van der Waals surface area (Å²) in [5, 5.41) is 20.7. The van der Waals surface area contributed by atoms with Gasteiger partial charge in [-0.15, -0.1) is 10.2 Å². The van der Waals surface area contributed by atoms with Gasteiger partial charge in [0.25, 0.3) is 5.91 Å². The molecule has 210 valence electrons. The van der Waals surface area contributed by atoms with E-state index >= 15 is 0 Å². The van der Waals surface area contributed by atoms with Crippen molar-refractivity contribution in [1.82, 2.24) is 10.2 Å². The van der Waals surface area contributed by atoms with Crippen LogP contribution in [0, 0.1) is 6.92 Å². The van der Waals surface area contributed by atoms with Crippen LogP contribution in [-0.2, 0) is 10.5 Å². The Morgan fingerprint density at radius 2 is 1.88 bits per heavy atom. The number of Topliss-reactive ketones (excluding diaryl/α,β-unsaturated/α-hetero) is 1. The van der Waals surface area contributed by atoms with Crippen LogP contribution in [-0.4, -0.2) is 33.6 Å². The first-order chi connectivity index (χ1) is 20.4. The fraction of sp³-hybridized carbons (Fsp3) is 0.125. The Morgan fingerprint density at radius 1 is 1.12 bits per heavy atom. The molecule has 2 aromatic heterocycles. The van der Waals surface area contributed by atoms with Gasteiger partial charge in [-0.2, -0.15) is 0 Å². The third kappa shape index (κ3) is 5.34. The Balaban J connectivity index is 1.35. The van der Waals surface area contributed by atoms with Crippen molar-refractivity contribution in [2.45, 2.75) is 23.1 Å². The van der Waals surface area contributed by atoms with Gasteiger partial charge in [-0.05, 0) is 42.3 Å². The van der Waals surface area contributed by atoms with Crippen LogP contribution < -0.4 is 9.64 Å². The number of carbonyl (C=O) groups is 2. The molecule has 1 atom stereocenters. The minimum atomic E-state index is -0.963. The molecule has 8 nitrogen and oxygen atoms in total. The Bertz CT molecular complexity index is 1790. The van der Waals surface area contributed by atoms with E-state index in [9.17, 15) is 14.7 Å². The summed E-state index contributed by atoms with van der Waals surface area (Å²) in [6.07, 6.45) is 1.64.